The topological polar surface area (TPSA) is 214 Å². The molecule has 3 amide bonds. The Morgan fingerprint density at radius 1 is 0.833 bits per heavy atom. The maximum atomic E-state index is 12.4. The van der Waals surface area contributed by atoms with Crippen molar-refractivity contribution in [2.24, 2.45) is 17.4 Å². The summed E-state index contributed by atoms with van der Waals surface area (Å²) in [6.45, 7) is 5.17. The fraction of sp³-hybridized carbons (Fsp3) is 0.722. The molecule has 4 atom stereocenters. The van der Waals surface area contributed by atoms with E-state index in [1.807, 2.05) is 0 Å². The minimum Gasteiger partial charge on any atom is -0.481 e. The number of aliphatic carboxylic acids is 2. The van der Waals surface area contributed by atoms with Gasteiger partial charge >= 0.3 is 11.9 Å². The maximum Gasteiger partial charge on any atom is 0.326 e. The van der Waals surface area contributed by atoms with Crippen molar-refractivity contribution in [2.75, 3.05) is 6.54 Å². The number of carbonyl (C=O) groups is 5. The van der Waals surface area contributed by atoms with E-state index in [1.165, 1.54) is 6.92 Å². The van der Waals surface area contributed by atoms with E-state index >= 15 is 0 Å². The molecule has 0 aliphatic heterocycles. The van der Waals surface area contributed by atoms with E-state index < -0.39 is 60.2 Å². The van der Waals surface area contributed by atoms with Crippen LogP contribution in [-0.2, 0) is 24.0 Å². The molecule has 0 aliphatic rings. The Hall–Kier alpha value is -2.73. The van der Waals surface area contributed by atoms with Gasteiger partial charge in [-0.1, -0.05) is 13.8 Å². The summed E-state index contributed by atoms with van der Waals surface area (Å²) in [7, 11) is 0. The maximum absolute atomic E-state index is 12.4. The lowest BCUT2D eigenvalue weighted by Crippen LogP contribution is -2.57. The Bertz CT molecular complexity index is 626. The zero-order valence-corrected chi connectivity index (χ0v) is 17.5. The average Bonchev–Trinajstić information content (AvgIpc) is 2.65. The number of amides is 3. The summed E-state index contributed by atoms with van der Waals surface area (Å²) in [5.41, 5.74) is 11.1. The van der Waals surface area contributed by atoms with Crippen LogP contribution in [0.3, 0.4) is 0 Å². The van der Waals surface area contributed by atoms with Crippen LogP contribution in [0.4, 0.5) is 0 Å². The molecular formula is C18H33N5O7. The zero-order chi connectivity index (χ0) is 23.4. The second-order valence-electron chi connectivity index (χ2n) is 7.34. The van der Waals surface area contributed by atoms with Crippen LogP contribution in [0, 0.1) is 5.92 Å². The van der Waals surface area contributed by atoms with Crippen LogP contribution in [0.25, 0.3) is 0 Å². The van der Waals surface area contributed by atoms with Gasteiger partial charge in [-0.3, -0.25) is 19.2 Å². The van der Waals surface area contributed by atoms with Crippen LogP contribution in [-0.4, -0.2) is 70.6 Å². The van der Waals surface area contributed by atoms with Gasteiger partial charge in [-0.05, 0) is 38.6 Å². The predicted molar refractivity (Wildman–Crippen MR) is 107 cm³/mol. The van der Waals surface area contributed by atoms with Crippen LogP contribution in [0.2, 0.25) is 0 Å². The van der Waals surface area contributed by atoms with Gasteiger partial charge < -0.3 is 37.6 Å². The molecule has 0 radical (unpaired) electrons. The molecule has 0 aromatic rings. The molecule has 0 saturated carbocycles. The Balaban J connectivity index is 5.10. The third-order valence-electron chi connectivity index (χ3n) is 4.35. The van der Waals surface area contributed by atoms with Gasteiger partial charge in [0.15, 0.2) is 0 Å². The largest absolute Gasteiger partial charge is 0.481 e. The van der Waals surface area contributed by atoms with Crippen LogP contribution in [0.1, 0.15) is 46.5 Å². The standard InChI is InChI=1S/C18H33N5O7/c1-9(2)14(20)17(28)21-10(3)15(26)23-12(8-13(24)25)16(27)22-11(18(29)30)6-4-5-7-19/h9-12,14H,4-8,19-20H2,1-3H3,(H,21,28)(H,22,27)(H,23,26)(H,24,25)(H,29,30). The number of nitrogens with two attached hydrogens (primary N) is 2. The van der Waals surface area contributed by atoms with Gasteiger partial charge in [0.2, 0.25) is 17.7 Å². The minimum absolute atomic E-state index is 0.103. The lowest BCUT2D eigenvalue weighted by atomic mass is 10.0. The van der Waals surface area contributed by atoms with E-state index in [2.05, 4.69) is 16.0 Å². The quantitative estimate of drug-likeness (QED) is 0.153. The van der Waals surface area contributed by atoms with Gasteiger partial charge in [0, 0.05) is 0 Å². The van der Waals surface area contributed by atoms with E-state index in [0.29, 0.717) is 19.4 Å². The highest BCUT2D eigenvalue weighted by Crippen LogP contribution is 2.04. The molecule has 9 N–H and O–H groups in total. The lowest BCUT2D eigenvalue weighted by molar-refractivity contribution is -0.143. The number of unbranched alkanes of at least 4 members (excludes halogenated alkanes) is 1. The molecule has 30 heavy (non-hydrogen) atoms. The highest BCUT2D eigenvalue weighted by Gasteiger charge is 2.30. The Morgan fingerprint density at radius 3 is 1.87 bits per heavy atom. The fourth-order valence-electron chi connectivity index (χ4n) is 2.38. The molecule has 0 saturated heterocycles. The van der Waals surface area contributed by atoms with Crippen molar-refractivity contribution >= 4 is 29.7 Å². The number of carbonyl (C=O) groups excluding carboxylic acids is 3. The van der Waals surface area contributed by atoms with Crippen LogP contribution in [0.15, 0.2) is 0 Å². The van der Waals surface area contributed by atoms with Gasteiger partial charge in [-0.2, -0.15) is 0 Å². The van der Waals surface area contributed by atoms with Gasteiger partial charge in [-0.25, -0.2) is 4.79 Å². The van der Waals surface area contributed by atoms with Crippen molar-refractivity contribution in [1.82, 2.24) is 16.0 Å². The molecule has 0 fully saturated rings. The summed E-state index contributed by atoms with van der Waals surface area (Å²) in [4.78, 5) is 59.2. The third kappa shape index (κ3) is 10.2. The zero-order valence-electron chi connectivity index (χ0n) is 17.5. The summed E-state index contributed by atoms with van der Waals surface area (Å²) in [6.07, 6.45) is 0.345. The second-order valence-corrected chi connectivity index (χ2v) is 7.34. The monoisotopic (exact) mass is 431 g/mol. The summed E-state index contributed by atoms with van der Waals surface area (Å²) in [6, 6.07) is -4.71. The molecule has 4 unspecified atom stereocenters. The normalized spacial score (nSPS) is 14.9. The number of nitrogens with one attached hydrogen (secondary N) is 3. The first-order chi connectivity index (χ1) is 13.9. The van der Waals surface area contributed by atoms with Crippen molar-refractivity contribution < 1.29 is 34.2 Å². The molecular weight excluding hydrogens is 398 g/mol. The number of carboxylic acids is 2. The molecule has 0 aromatic carbocycles. The van der Waals surface area contributed by atoms with Gasteiger partial charge in [0.1, 0.15) is 18.1 Å². The lowest BCUT2D eigenvalue weighted by Gasteiger charge is -2.23. The Labute approximate surface area is 175 Å². The van der Waals surface area contributed by atoms with Crippen molar-refractivity contribution in [3.05, 3.63) is 0 Å². The van der Waals surface area contributed by atoms with Crippen molar-refractivity contribution in [1.29, 1.82) is 0 Å². The molecule has 0 bridgehead atoms. The Kier molecular flexibility index (Phi) is 12.3. The van der Waals surface area contributed by atoms with Crippen molar-refractivity contribution in [3.8, 4) is 0 Å². The molecule has 172 valence electrons. The van der Waals surface area contributed by atoms with Crippen LogP contribution >= 0.6 is 0 Å². The summed E-state index contributed by atoms with van der Waals surface area (Å²) < 4.78 is 0. The first-order valence-corrected chi connectivity index (χ1v) is 9.72. The van der Waals surface area contributed by atoms with E-state index in [-0.39, 0.29) is 12.3 Å². The minimum atomic E-state index is -1.52. The average molecular weight is 431 g/mol. The fourth-order valence-corrected chi connectivity index (χ4v) is 2.38. The molecule has 0 aromatic heterocycles. The summed E-state index contributed by atoms with van der Waals surface area (Å²) in [5, 5.41) is 25.1. The number of hydrogen-bond donors (Lipinski definition) is 7. The first-order valence-electron chi connectivity index (χ1n) is 9.72. The van der Waals surface area contributed by atoms with Gasteiger partial charge in [0.25, 0.3) is 0 Å². The van der Waals surface area contributed by atoms with E-state index in [4.69, 9.17) is 16.6 Å². The number of rotatable bonds is 14. The smallest absolute Gasteiger partial charge is 0.326 e. The molecule has 0 spiro atoms. The highest BCUT2D eigenvalue weighted by atomic mass is 16.4. The molecule has 0 aliphatic carbocycles. The van der Waals surface area contributed by atoms with E-state index in [1.54, 1.807) is 13.8 Å². The third-order valence-corrected chi connectivity index (χ3v) is 4.35. The molecule has 0 rings (SSSR count). The second kappa shape index (κ2) is 13.5. The highest BCUT2D eigenvalue weighted by molar-refractivity contribution is 5.95. The van der Waals surface area contributed by atoms with Gasteiger partial charge in [-0.15, -0.1) is 0 Å². The SMILES string of the molecule is CC(NC(=O)C(N)C(C)C)C(=O)NC(CC(=O)O)C(=O)NC(CCCCN)C(=O)O. The summed E-state index contributed by atoms with van der Waals surface area (Å²) >= 11 is 0. The number of carboxylic acid groups (broad SMARTS) is 2. The molecule has 12 heteroatoms. The van der Waals surface area contributed by atoms with Crippen LogP contribution < -0.4 is 27.4 Å². The van der Waals surface area contributed by atoms with Crippen LogP contribution in [0.5, 0.6) is 0 Å². The number of hydrogen-bond acceptors (Lipinski definition) is 7. The van der Waals surface area contributed by atoms with Gasteiger partial charge in [0.05, 0.1) is 12.5 Å². The van der Waals surface area contributed by atoms with E-state index in [0.717, 1.165) is 0 Å². The summed E-state index contributed by atoms with van der Waals surface area (Å²) in [5.74, 6) is -5.16. The van der Waals surface area contributed by atoms with E-state index in [9.17, 15) is 29.1 Å². The molecule has 0 heterocycles. The molecule has 12 nitrogen and oxygen atoms in total. The van der Waals surface area contributed by atoms with Crippen molar-refractivity contribution in [3.63, 3.8) is 0 Å². The Morgan fingerprint density at radius 2 is 1.40 bits per heavy atom. The predicted octanol–water partition coefficient (Wildman–Crippen LogP) is -1.87. The van der Waals surface area contributed by atoms with Crippen molar-refractivity contribution in [2.45, 2.75) is 70.6 Å². The first kappa shape index (κ1) is 27.3.